The van der Waals surface area contributed by atoms with Crippen molar-refractivity contribution < 1.29 is 13.2 Å². The maximum atomic E-state index is 10.8. The van der Waals surface area contributed by atoms with Crippen LogP contribution in [0.4, 0.5) is 0 Å². The minimum absolute atomic E-state index is 0.136. The van der Waals surface area contributed by atoms with Gasteiger partial charge in [0.2, 0.25) is 9.05 Å². The van der Waals surface area contributed by atoms with E-state index in [-0.39, 0.29) is 11.9 Å². The summed E-state index contributed by atoms with van der Waals surface area (Å²) in [6, 6.07) is 7.52. The van der Waals surface area contributed by atoms with Gasteiger partial charge in [-0.1, -0.05) is 18.2 Å². The normalized spacial score (nSPS) is 20.2. The second kappa shape index (κ2) is 3.44. The van der Waals surface area contributed by atoms with E-state index in [1.54, 1.807) is 0 Å². The summed E-state index contributed by atoms with van der Waals surface area (Å²) < 4.78 is 27.1. The van der Waals surface area contributed by atoms with Crippen LogP contribution in [0.25, 0.3) is 0 Å². The highest BCUT2D eigenvalue weighted by Crippen LogP contribution is 2.28. The van der Waals surface area contributed by atoms with Gasteiger partial charge in [0.05, 0.1) is 0 Å². The van der Waals surface area contributed by atoms with Crippen molar-refractivity contribution >= 4 is 19.7 Å². The molecule has 0 aromatic heterocycles. The standard InChI is InChI=1S/C9H9ClO3S/c10-14(11,12)6-8-5-7-3-1-2-4-9(7)13-8/h1-4,8H,5-6H2. The molecule has 0 spiro atoms. The van der Waals surface area contributed by atoms with E-state index in [2.05, 4.69) is 0 Å². The Morgan fingerprint density at radius 2 is 2.14 bits per heavy atom. The van der Waals surface area contributed by atoms with Gasteiger partial charge < -0.3 is 4.74 Å². The molecule has 14 heavy (non-hydrogen) atoms. The molecule has 0 saturated carbocycles. The molecule has 0 fully saturated rings. The minimum atomic E-state index is -3.48. The zero-order valence-electron chi connectivity index (χ0n) is 7.31. The molecule has 1 aromatic carbocycles. The molecule has 0 N–H and O–H groups in total. The first-order valence-electron chi connectivity index (χ1n) is 4.21. The summed E-state index contributed by atoms with van der Waals surface area (Å²) in [5.41, 5.74) is 1.04. The van der Waals surface area contributed by atoms with Crippen LogP contribution in [-0.4, -0.2) is 20.3 Å². The first-order chi connectivity index (χ1) is 6.54. The van der Waals surface area contributed by atoms with Gasteiger partial charge in [-0.05, 0) is 11.6 Å². The van der Waals surface area contributed by atoms with Crippen molar-refractivity contribution in [3.8, 4) is 5.75 Å². The van der Waals surface area contributed by atoms with Crippen LogP contribution >= 0.6 is 10.7 Å². The van der Waals surface area contributed by atoms with Gasteiger partial charge in [-0.3, -0.25) is 0 Å². The Morgan fingerprint density at radius 3 is 2.79 bits per heavy atom. The number of hydrogen-bond acceptors (Lipinski definition) is 3. The Balaban J connectivity index is 2.13. The van der Waals surface area contributed by atoms with Gasteiger partial charge in [-0.25, -0.2) is 8.42 Å². The van der Waals surface area contributed by atoms with Crippen molar-refractivity contribution in [1.29, 1.82) is 0 Å². The Bertz CT molecular complexity index is 416. The Morgan fingerprint density at radius 1 is 1.43 bits per heavy atom. The van der Waals surface area contributed by atoms with Crippen LogP contribution in [-0.2, 0) is 15.5 Å². The molecule has 0 radical (unpaired) electrons. The first kappa shape index (κ1) is 9.80. The van der Waals surface area contributed by atoms with Crippen LogP contribution in [0.3, 0.4) is 0 Å². The third kappa shape index (κ3) is 2.19. The van der Waals surface area contributed by atoms with E-state index in [9.17, 15) is 8.42 Å². The lowest BCUT2D eigenvalue weighted by molar-refractivity contribution is 0.257. The number of halogens is 1. The highest BCUT2D eigenvalue weighted by Gasteiger charge is 2.26. The van der Waals surface area contributed by atoms with Crippen LogP contribution in [0, 0.1) is 0 Å². The number of hydrogen-bond donors (Lipinski definition) is 0. The summed E-state index contributed by atoms with van der Waals surface area (Å²) in [6.07, 6.45) is 0.275. The van der Waals surface area contributed by atoms with Gasteiger partial charge in [-0.15, -0.1) is 0 Å². The second-order valence-corrected chi connectivity index (χ2v) is 6.08. The molecule has 0 saturated heterocycles. The van der Waals surface area contributed by atoms with Crippen LogP contribution in [0.1, 0.15) is 5.56 Å². The Hall–Kier alpha value is -0.740. The predicted octanol–water partition coefficient (Wildman–Crippen LogP) is 1.56. The molecule has 0 aliphatic carbocycles. The molecule has 1 aliphatic rings. The second-order valence-electron chi connectivity index (χ2n) is 3.26. The number of ether oxygens (including phenoxy) is 1. The van der Waals surface area contributed by atoms with Gasteiger partial charge in [-0.2, -0.15) is 0 Å². The fourth-order valence-corrected chi connectivity index (χ4v) is 2.62. The van der Waals surface area contributed by atoms with Crippen LogP contribution in [0.2, 0.25) is 0 Å². The van der Waals surface area contributed by atoms with Crippen molar-refractivity contribution in [2.75, 3.05) is 5.75 Å². The monoisotopic (exact) mass is 232 g/mol. The molecule has 2 rings (SSSR count). The molecule has 0 amide bonds. The van der Waals surface area contributed by atoms with Crippen LogP contribution in [0.15, 0.2) is 24.3 Å². The third-order valence-electron chi connectivity index (χ3n) is 2.10. The van der Waals surface area contributed by atoms with Crippen molar-refractivity contribution in [3.05, 3.63) is 29.8 Å². The van der Waals surface area contributed by atoms with Crippen LogP contribution in [0.5, 0.6) is 5.75 Å². The van der Waals surface area contributed by atoms with Gasteiger partial charge >= 0.3 is 0 Å². The van der Waals surface area contributed by atoms with Gasteiger partial charge in [0.25, 0.3) is 0 Å². The zero-order chi connectivity index (χ0) is 10.2. The minimum Gasteiger partial charge on any atom is -0.489 e. The molecule has 1 heterocycles. The lowest BCUT2D eigenvalue weighted by Gasteiger charge is -2.07. The highest BCUT2D eigenvalue weighted by molar-refractivity contribution is 8.13. The van der Waals surface area contributed by atoms with E-state index < -0.39 is 9.05 Å². The fraction of sp³-hybridized carbons (Fsp3) is 0.333. The lowest BCUT2D eigenvalue weighted by atomic mass is 10.1. The summed E-state index contributed by atoms with van der Waals surface area (Å²) >= 11 is 0. The summed E-state index contributed by atoms with van der Waals surface area (Å²) in [5, 5.41) is 0. The average Bonchev–Trinajstić information content (AvgIpc) is 2.42. The zero-order valence-corrected chi connectivity index (χ0v) is 8.88. The van der Waals surface area contributed by atoms with Crippen molar-refractivity contribution in [2.45, 2.75) is 12.5 Å². The smallest absolute Gasteiger partial charge is 0.236 e. The van der Waals surface area contributed by atoms with Gasteiger partial charge in [0, 0.05) is 17.1 Å². The number of benzene rings is 1. The summed E-state index contributed by atoms with van der Waals surface area (Å²) in [7, 11) is 1.67. The van der Waals surface area contributed by atoms with E-state index >= 15 is 0 Å². The molecular formula is C9H9ClO3S. The number of rotatable bonds is 2. The molecule has 0 bridgehead atoms. The van der Waals surface area contributed by atoms with E-state index in [0.29, 0.717) is 6.42 Å². The molecule has 76 valence electrons. The largest absolute Gasteiger partial charge is 0.489 e. The average molecular weight is 233 g/mol. The van der Waals surface area contributed by atoms with Crippen molar-refractivity contribution in [1.82, 2.24) is 0 Å². The molecule has 1 aromatic rings. The molecular weight excluding hydrogens is 224 g/mol. The fourth-order valence-electron chi connectivity index (χ4n) is 1.57. The topological polar surface area (TPSA) is 43.4 Å². The molecule has 5 heteroatoms. The van der Waals surface area contributed by atoms with E-state index in [1.807, 2.05) is 24.3 Å². The molecule has 1 atom stereocenters. The van der Waals surface area contributed by atoms with E-state index in [0.717, 1.165) is 11.3 Å². The van der Waals surface area contributed by atoms with Crippen LogP contribution < -0.4 is 4.74 Å². The van der Waals surface area contributed by atoms with Gasteiger partial charge in [0.1, 0.15) is 17.6 Å². The quantitative estimate of drug-likeness (QED) is 0.727. The SMILES string of the molecule is O=S(=O)(Cl)CC1Cc2ccccc2O1. The maximum Gasteiger partial charge on any atom is 0.236 e. The summed E-state index contributed by atoms with van der Waals surface area (Å²) in [6.45, 7) is 0. The van der Waals surface area contributed by atoms with E-state index in [1.165, 1.54) is 0 Å². The first-order valence-corrected chi connectivity index (χ1v) is 6.69. The van der Waals surface area contributed by atoms with E-state index in [4.69, 9.17) is 15.4 Å². The van der Waals surface area contributed by atoms with Gasteiger partial charge in [0.15, 0.2) is 0 Å². The molecule has 1 aliphatic heterocycles. The highest BCUT2D eigenvalue weighted by atomic mass is 35.7. The lowest BCUT2D eigenvalue weighted by Crippen LogP contribution is -2.22. The summed E-state index contributed by atoms with van der Waals surface area (Å²) in [5.74, 6) is 0.626. The third-order valence-corrected chi connectivity index (χ3v) is 3.25. The summed E-state index contributed by atoms with van der Waals surface area (Å²) in [4.78, 5) is 0. The van der Waals surface area contributed by atoms with Crippen molar-refractivity contribution in [2.24, 2.45) is 0 Å². The Labute approximate surface area is 87.1 Å². The molecule has 3 nitrogen and oxygen atoms in total. The maximum absolute atomic E-state index is 10.8. The predicted molar refractivity (Wildman–Crippen MR) is 54.2 cm³/mol. The molecule has 1 unspecified atom stereocenters. The van der Waals surface area contributed by atoms with Crippen molar-refractivity contribution in [3.63, 3.8) is 0 Å². The number of para-hydroxylation sites is 1. The Kier molecular flexibility index (Phi) is 2.41. The number of fused-ring (bicyclic) bond motifs is 1.